The quantitative estimate of drug-likeness (QED) is 0.866. The van der Waals surface area contributed by atoms with Crippen LogP contribution in [0.5, 0.6) is 0 Å². The van der Waals surface area contributed by atoms with Crippen LogP contribution >= 0.6 is 27.3 Å². The van der Waals surface area contributed by atoms with E-state index in [-0.39, 0.29) is 10.7 Å². The Morgan fingerprint density at radius 1 is 1.44 bits per heavy atom. The van der Waals surface area contributed by atoms with Crippen LogP contribution in [0.3, 0.4) is 0 Å². The van der Waals surface area contributed by atoms with Crippen LogP contribution in [0.15, 0.2) is 35.7 Å². The highest BCUT2D eigenvalue weighted by atomic mass is 79.9. The number of halogens is 1. The molecule has 0 spiro atoms. The highest BCUT2D eigenvalue weighted by Gasteiger charge is 2.14. The van der Waals surface area contributed by atoms with Gasteiger partial charge in [0.15, 0.2) is 5.13 Å². The summed E-state index contributed by atoms with van der Waals surface area (Å²) in [5, 5.41) is 5.38. The van der Waals surface area contributed by atoms with Gasteiger partial charge in [0.25, 0.3) is 0 Å². The van der Waals surface area contributed by atoms with Crippen molar-refractivity contribution in [3.8, 4) is 11.3 Å². The lowest BCUT2D eigenvalue weighted by Crippen LogP contribution is -2.21. The van der Waals surface area contributed by atoms with E-state index in [1.54, 1.807) is 0 Å². The normalized spacial score (nSPS) is 12.1. The summed E-state index contributed by atoms with van der Waals surface area (Å²) in [5.74, 6) is -0.0496. The molecule has 3 nitrogen and oxygen atoms in total. The minimum absolute atomic E-state index is 0.0496. The molecule has 0 radical (unpaired) electrons. The van der Waals surface area contributed by atoms with Crippen LogP contribution in [-0.4, -0.2) is 15.7 Å². The van der Waals surface area contributed by atoms with E-state index in [9.17, 15) is 4.79 Å². The number of aromatic nitrogens is 1. The number of nitrogens with one attached hydrogen (secondary N) is 1. The predicted molar refractivity (Wildman–Crippen MR) is 79.2 cm³/mol. The average molecular weight is 325 g/mol. The molecule has 0 bridgehead atoms. The maximum absolute atomic E-state index is 11.7. The van der Waals surface area contributed by atoms with Gasteiger partial charge in [-0.05, 0) is 6.42 Å². The number of carbonyl (C=O) groups excluding carboxylic acids is 1. The SMILES string of the molecule is CCC(Br)C(=O)Nc1nc(-c2ccccc2)cs1. The molecule has 0 saturated carbocycles. The van der Waals surface area contributed by atoms with Crippen LogP contribution < -0.4 is 5.32 Å². The van der Waals surface area contributed by atoms with Gasteiger partial charge in [-0.2, -0.15) is 0 Å². The van der Waals surface area contributed by atoms with Crippen molar-refractivity contribution in [2.45, 2.75) is 18.2 Å². The first-order valence-corrected chi connectivity index (χ1v) is 7.46. The third-order valence-electron chi connectivity index (χ3n) is 2.45. The number of carbonyl (C=O) groups is 1. The van der Waals surface area contributed by atoms with Gasteiger partial charge in [-0.15, -0.1) is 11.3 Å². The second-order valence-electron chi connectivity index (χ2n) is 3.77. The molecule has 1 unspecified atom stereocenters. The van der Waals surface area contributed by atoms with Crippen LogP contribution in [-0.2, 0) is 4.79 Å². The molecule has 0 aliphatic rings. The van der Waals surface area contributed by atoms with Crippen molar-refractivity contribution in [3.05, 3.63) is 35.7 Å². The largest absolute Gasteiger partial charge is 0.301 e. The summed E-state index contributed by atoms with van der Waals surface area (Å²) in [5.41, 5.74) is 1.94. The van der Waals surface area contributed by atoms with Crippen LogP contribution in [0.1, 0.15) is 13.3 Å². The Bertz CT molecular complexity index is 527. The van der Waals surface area contributed by atoms with Gasteiger partial charge in [-0.3, -0.25) is 4.79 Å². The van der Waals surface area contributed by atoms with Gasteiger partial charge in [0, 0.05) is 10.9 Å². The Balaban J connectivity index is 2.10. The molecular weight excluding hydrogens is 312 g/mol. The topological polar surface area (TPSA) is 42.0 Å². The molecule has 1 atom stereocenters. The van der Waals surface area contributed by atoms with E-state index in [0.717, 1.165) is 17.7 Å². The van der Waals surface area contributed by atoms with Gasteiger partial charge in [0.2, 0.25) is 5.91 Å². The first-order valence-electron chi connectivity index (χ1n) is 5.66. The number of hydrogen-bond donors (Lipinski definition) is 1. The first-order chi connectivity index (χ1) is 8.70. The Kier molecular flexibility index (Phi) is 4.49. The molecule has 1 aromatic heterocycles. The van der Waals surface area contributed by atoms with Gasteiger partial charge in [0.1, 0.15) is 0 Å². The molecule has 0 fully saturated rings. The van der Waals surface area contributed by atoms with Gasteiger partial charge in [-0.25, -0.2) is 4.98 Å². The highest BCUT2D eigenvalue weighted by Crippen LogP contribution is 2.25. The lowest BCUT2D eigenvalue weighted by molar-refractivity contribution is -0.115. The predicted octanol–water partition coefficient (Wildman–Crippen LogP) is 3.92. The van der Waals surface area contributed by atoms with Crippen molar-refractivity contribution in [1.82, 2.24) is 4.98 Å². The molecule has 2 rings (SSSR count). The number of rotatable bonds is 4. The summed E-state index contributed by atoms with van der Waals surface area (Å²) >= 11 is 4.75. The van der Waals surface area contributed by atoms with Crippen LogP contribution in [0, 0.1) is 0 Å². The maximum Gasteiger partial charge on any atom is 0.239 e. The number of nitrogens with zero attached hydrogens (tertiary/aromatic N) is 1. The third-order valence-corrected chi connectivity index (χ3v) is 4.27. The molecule has 18 heavy (non-hydrogen) atoms. The van der Waals surface area contributed by atoms with E-state index in [0.29, 0.717) is 5.13 Å². The van der Waals surface area contributed by atoms with E-state index in [1.165, 1.54) is 11.3 Å². The van der Waals surface area contributed by atoms with Crippen molar-refractivity contribution in [1.29, 1.82) is 0 Å². The highest BCUT2D eigenvalue weighted by molar-refractivity contribution is 9.10. The van der Waals surface area contributed by atoms with Crippen LogP contribution in [0.25, 0.3) is 11.3 Å². The fourth-order valence-electron chi connectivity index (χ4n) is 1.44. The molecule has 5 heteroatoms. The average Bonchev–Trinajstić information content (AvgIpc) is 2.87. The van der Waals surface area contributed by atoms with Crippen LogP contribution in [0.4, 0.5) is 5.13 Å². The zero-order chi connectivity index (χ0) is 13.0. The fraction of sp³-hybridized carbons (Fsp3) is 0.231. The van der Waals surface area contributed by atoms with Crippen molar-refractivity contribution in [2.24, 2.45) is 0 Å². The third kappa shape index (κ3) is 3.17. The first kappa shape index (κ1) is 13.2. The van der Waals surface area contributed by atoms with E-state index < -0.39 is 0 Å². The lowest BCUT2D eigenvalue weighted by Gasteiger charge is -2.05. The Labute approximate surface area is 118 Å². The number of benzene rings is 1. The van der Waals surface area contributed by atoms with Crippen molar-refractivity contribution in [3.63, 3.8) is 0 Å². The minimum Gasteiger partial charge on any atom is -0.301 e. The van der Waals surface area contributed by atoms with Crippen molar-refractivity contribution < 1.29 is 4.79 Å². The van der Waals surface area contributed by atoms with E-state index >= 15 is 0 Å². The summed E-state index contributed by atoms with van der Waals surface area (Å²) < 4.78 is 0. The van der Waals surface area contributed by atoms with E-state index in [2.05, 4.69) is 26.2 Å². The molecule has 0 aliphatic carbocycles. The van der Waals surface area contributed by atoms with Gasteiger partial charge in [0.05, 0.1) is 10.5 Å². The second-order valence-corrected chi connectivity index (χ2v) is 5.73. The molecule has 0 saturated heterocycles. The second kappa shape index (κ2) is 6.11. The molecule has 94 valence electrons. The smallest absolute Gasteiger partial charge is 0.239 e. The Morgan fingerprint density at radius 3 is 2.83 bits per heavy atom. The van der Waals surface area contributed by atoms with Gasteiger partial charge >= 0.3 is 0 Å². The molecule has 2 aromatic rings. The standard InChI is InChI=1S/C13H13BrN2OS/c1-2-10(14)12(17)16-13-15-11(8-18-13)9-6-4-3-5-7-9/h3-8,10H,2H2,1H3,(H,15,16,17). The molecule has 1 aromatic carbocycles. The number of alkyl halides is 1. The molecule has 1 heterocycles. The lowest BCUT2D eigenvalue weighted by atomic mass is 10.2. The van der Waals surface area contributed by atoms with Crippen molar-refractivity contribution >= 4 is 38.3 Å². The number of thiazole rings is 1. The summed E-state index contributed by atoms with van der Waals surface area (Å²) in [6.45, 7) is 1.95. The summed E-state index contributed by atoms with van der Waals surface area (Å²) in [4.78, 5) is 15.9. The Morgan fingerprint density at radius 2 is 2.17 bits per heavy atom. The molecule has 1 N–H and O–H groups in total. The Hall–Kier alpha value is -1.20. The van der Waals surface area contributed by atoms with Gasteiger partial charge in [-0.1, -0.05) is 53.2 Å². The van der Waals surface area contributed by atoms with E-state index in [4.69, 9.17) is 0 Å². The summed E-state index contributed by atoms with van der Waals surface area (Å²) in [6, 6.07) is 9.91. The van der Waals surface area contributed by atoms with Gasteiger partial charge < -0.3 is 5.32 Å². The van der Waals surface area contributed by atoms with E-state index in [1.807, 2.05) is 42.6 Å². The fourth-order valence-corrected chi connectivity index (χ4v) is 2.28. The monoisotopic (exact) mass is 324 g/mol. The molecule has 1 amide bonds. The zero-order valence-electron chi connectivity index (χ0n) is 9.89. The zero-order valence-corrected chi connectivity index (χ0v) is 12.3. The number of anilines is 1. The minimum atomic E-state index is -0.165. The molecule has 0 aliphatic heterocycles. The summed E-state index contributed by atoms with van der Waals surface area (Å²) in [7, 11) is 0. The van der Waals surface area contributed by atoms with Crippen LogP contribution in [0.2, 0.25) is 0 Å². The number of amides is 1. The summed E-state index contributed by atoms with van der Waals surface area (Å²) in [6.07, 6.45) is 0.753. The maximum atomic E-state index is 11.7. The molecular formula is C13H13BrN2OS. The van der Waals surface area contributed by atoms with Crippen molar-refractivity contribution in [2.75, 3.05) is 5.32 Å². The number of hydrogen-bond acceptors (Lipinski definition) is 3.